The Morgan fingerprint density at radius 1 is 1.25 bits per heavy atom. The van der Waals surface area contributed by atoms with Crippen molar-refractivity contribution in [1.29, 1.82) is 0 Å². The molecule has 8 nitrogen and oxygen atoms in total. The van der Waals surface area contributed by atoms with Gasteiger partial charge in [-0.1, -0.05) is 20.3 Å². The van der Waals surface area contributed by atoms with Crippen molar-refractivity contribution in [2.75, 3.05) is 30.3 Å². The van der Waals surface area contributed by atoms with Crippen LogP contribution in [0.15, 0.2) is 6.07 Å². The average Bonchev–Trinajstić information content (AvgIpc) is 3.46. The second-order valence-corrected chi connectivity index (χ2v) is 9.31. The van der Waals surface area contributed by atoms with E-state index < -0.39 is 12.0 Å². The van der Waals surface area contributed by atoms with Crippen molar-refractivity contribution in [1.82, 2.24) is 30.0 Å². The molecule has 0 bridgehead atoms. The number of hydrogen-bond donors (Lipinski definition) is 2. The molecule has 1 atom stereocenters. The molecule has 2 aliphatic rings. The molecule has 12 heteroatoms. The van der Waals surface area contributed by atoms with Crippen molar-refractivity contribution in [2.45, 2.75) is 52.4 Å². The molecule has 1 fully saturated rings. The molecule has 0 spiro atoms. The van der Waals surface area contributed by atoms with Gasteiger partial charge in [0.05, 0.1) is 11.9 Å². The predicted octanol–water partition coefficient (Wildman–Crippen LogP) is 3.47. The summed E-state index contributed by atoms with van der Waals surface area (Å²) in [6, 6.07) is 2.04. The van der Waals surface area contributed by atoms with Crippen LogP contribution in [0, 0.1) is 5.92 Å². The number of hydrogen-bond acceptors (Lipinski definition) is 8. The van der Waals surface area contributed by atoms with Crippen molar-refractivity contribution in [2.24, 2.45) is 5.92 Å². The van der Waals surface area contributed by atoms with Crippen LogP contribution >= 0.6 is 11.3 Å². The fourth-order valence-corrected chi connectivity index (χ4v) is 5.06. The zero-order valence-electron chi connectivity index (χ0n) is 18.1. The SMILES string of the molecule is CC1CCNC1.CCCc1cc2c(N3CCn4c(nnc4C(F)(F)F)C3)nc(N)nc2s1. The molecular formula is C20H27F3N8S. The van der Waals surface area contributed by atoms with Gasteiger partial charge in [0.1, 0.15) is 10.6 Å². The molecule has 5 heterocycles. The van der Waals surface area contributed by atoms with Crippen LogP contribution in [0.2, 0.25) is 0 Å². The molecule has 1 unspecified atom stereocenters. The molecule has 174 valence electrons. The molecule has 1 saturated heterocycles. The molecular weight excluding hydrogens is 441 g/mol. The van der Waals surface area contributed by atoms with Gasteiger partial charge < -0.3 is 20.5 Å². The first-order valence-corrected chi connectivity index (χ1v) is 11.6. The van der Waals surface area contributed by atoms with Crippen LogP contribution in [-0.4, -0.2) is 44.4 Å². The van der Waals surface area contributed by atoms with Crippen LogP contribution in [0.5, 0.6) is 0 Å². The highest BCUT2D eigenvalue weighted by molar-refractivity contribution is 7.18. The van der Waals surface area contributed by atoms with Gasteiger partial charge in [0.15, 0.2) is 5.82 Å². The van der Waals surface area contributed by atoms with E-state index in [1.165, 1.54) is 24.4 Å². The van der Waals surface area contributed by atoms with Gasteiger partial charge in [0.25, 0.3) is 0 Å². The van der Waals surface area contributed by atoms with Gasteiger partial charge in [0, 0.05) is 18.0 Å². The maximum Gasteiger partial charge on any atom is 0.451 e. The number of alkyl halides is 3. The lowest BCUT2D eigenvalue weighted by atomic mass is 10.2. The van der Waals surface area contributed by atoms with Crippen molar-refractivity contribution in [3.8, 4) is 0 Å². The first kappa shape index (κ1) is 22.7. The van der Waals surface area contributed by atoms with E-state index >= 15 is 0 Å². The number of rotatable bonds is 3. The number of nitrogens with zero attached hydrogens (tertiary/aromatic N) is 6. The minimum Gasteiger partial charge on any atom is -0.368 e. The molecule has 3 aromatic rings. The second-order valence-electron chi connectivity index (χ2n) is 8.20. The van der Waals surface area contributed by atoms with E-state index in [0.29, 0.717) is 12.4 Å². The highest BCUT2D eigenvalue weighted by Gasteiger charge is 2.39. The van der Waals surface area contributed by atoms with E-state index in [9.17, 15) is 13.2 Å². The van der Waals surface area contributed by atoms with Gasteiger partial charge in [-0.3, -0.25) is 0 Å². The number of nitrogens with one attached hydrogen (secondary N) is 1. The Hall–Kier alpha value is -2.47. The number of nitrogens with two attached hydrogens (primary N) is 1. The first-order chi connectivity index (χ1) is 15.3. The minimum absolute atomic E-state index is 0.133. The monoisotopic (exact) mass is 468 g/mol. The molecule has 32 heavy (non-hydrogen) atoms. The van der Waals surface area contributed by atoms with Gasteiger partial charge in [-0.05, 0) is 37.9 Å². The predicted molar refractivity (Wildman–Crippen MR) is 119 cm³/mol. The Morgan fingerprint density at radius 2 is 2.06 bits per heavy atom. The molecule has 0 amide bonds. The third-order valence-electron chi connectivity index (χ3n) is 5.55. The summed E-state index contributed by atoms with van der Waals surface area (Å²) in [5.41, 5.74) is 5.85. The lowest BCUT2D eigenvalue weighted by molar-refractivity contribution is -0.147. The van der Waals surface area contributed by atoms with Gasteiger partial charge in [-0.2, -0.15) is 18.2 Å². The van der Waals surface area contributed by atoms with Crippen molar-refractivity contribution < 1.29 is 13.2 Å². The zero-order chi connectivity index (χ0) is 22.9. The lowest BCUT2D eigenvalue weighted by Gasteiger charge is -2.29. The summed E-state index contributed by atoms with van der Waals surface area (Å²) in [4.78, 5) is 12.5. The van der Waals surface area contributed by atoms with E-state index in [-0.39, 0.29) is 24.9 Å². The van der Waals surface area contributed by atoms with Gasteiger partial charge in [-0.25, -0.2) is 4.98 Å². The van der Waals surface area contributed by atoms with Crippen LogP contribution in [0.25, 0.3) is 10.2 Å². The maximum atomic E-state index is 13.0. The maximum absolute atomic E-state index is 13.0. The van der Waals surface area contributed by atoms with E-state index in [0.717, 1.165) is 33.5 Å². The van der Waals surface area contributed by atoms with E-state index in [2.05, 4.69) is 39.3 Å². The Kier molecular flexibility index (Phi) is 6.52. The number of halogens is 3. The van der Waals surface area contributed by atoms with Gasteiger partial charge in [0.2, 0.25) is 11.8 Å². The van der Waals surface area contributed by atoms with E-state index in [1.54, 1.807) is 11.3 Å². The molecule has 0 saturated carbocycles. The Morgan fingerprint density at radius 3 is 2.69 bits per heavy atom. The quantitative estimate of drug-likeness (QED) is 0.607. The van der Waals surface area contributed by atoms with Crippen LogP contribution in [0.3, 0.4) is 0 Å². The number of thiophene rings is 1. The van der Waals surface area contributed by atoms with E-state index in [1.807, 2.05) is 11.0 Å². The average molecular weight is 469 g/mol. The van der Waals surface area contributed by atoms with Crippen LogP contribution < -0.4 is 16.0 Å². The topological polar surface area (TPSA) is 97.8 Å². The van der Waals surface area contributed by atoms with Crippen LogP contribution in [0.4, 0.5) is 24.9 Å². The molecule has 0 radical (unpaired) electrons. The largest absolute Gasteiger partial charge is 0.451 e. The zero-order valence-corrected chi connectivity index (χ0v) is 18.9. The smallest absolute Gasteiger partial charge is 0.368 e. The number of aromatic nitrogens is 5. The number of fused-ring (bicyclic) bond motifs is 2. The number of aryl methyl sites for hydroxylation is 1. The van der Waals surface area contributed by atoms with Crippen LogP contribution in [0.1, 0.15) is 43.2 Å². The Labute approximate surface area is 188 Å². The van der Waals surface area contributed by atoms with Gasteiger partial charge in [-0.15, -0.1) is 21.5 Å². The molecule has 3 N–H and O–H groups in total. The molecule has 0 aliphatic carbocycles. The summed E-state index contributed by atoms with van der Waals surface area (Å²) in [5, 5.41) is 11.2. The summed E-state index contributed by atoms with van der Waals surface area (Å²) in [6.45, 7) is 7.53. The third-order valence-corrected chi connectivity index (χ3v) is 6.64. The standard InChI is InChI=1S/C15H16F3N7S.C5H11N/c1-2-3-8-6-9-11(20-14(19)21-12(9)26-8)24-4-5-25-10(7-24)22-23-13(25)15(16,17)18;1-5-2-3-6-4-5/h6H,2-5,7H2,1H3,(H2,19,20,21);5-6H,2-4H2,1H3. The number of nitrogen functional groups attached to an aromatic ring is 1. The second kappa shape index (κ2) is 9.18. The molecule has 5 rings (SSSR count). The Balaban J connectivity index is 0.000000354. The highest BCUT2D eigenvalue weighted by Crippen LogP contribution is 2.35. The summed E-state index contributed by atoms with van der Waals surface area (Å²) in [5.74, 6) is 1.03. The molecule has 2 aliphatic heterocycles. The van der Waals surface area contributed by atoms with Crippen molar-refractivity contribution >= 4 is 33.3 Å². The lowest BCUT2D eigenvalue weighted by Crippen LogP contribution is -2.36. The Bertz CT molecular complexity index is 1070. The van der Waals surface area contributed by atoms with Crippen LogP contribution in [-0.2, 0) is 25.7 Å². The van der Waals surface area contributed by atoms with Gasteiger partial charge >= 0.3 is 6.18 Å². The summed E-state index contributed by atoms with van der Waals surface area (Å²) in [6.07, 6.45) is -1.19. The summed E-state index contributed by atoms with van der Waals surface area (Å²) >= 11 is 1.57. The van der Waals surface area contributed by atoms with Crippen molar-refractivity contribution in [3.63, 3.8) is 0 Å². The van der Waals surface area contributed by atoms with E-state index in [4.69, 9.17) is 5.73 Å². The summed E-state index contributed by atoms with van der Waals surface area (Å²) < 4.78 is 40.1. The molecule has 0 aromatic carbocycles. The normalized spacial score (nSPS) is 18.5. The minimum atomic E-state index is -4.51. The highest BCUT2D eigenvalue weighted by atomic mass is 32.1. The summed E-state index contributed by atoms with van der Waals surface area (Å²) in [7, 11) is 0. The fourth-order valence-electron chi connectivity index (χ4n) is 3.93. The fraction of sp³-hybridized carbons (Fsp3) is 0.600. The molecule has 3 aromatic heterocycles. The third kappa shape index (κ3) is 4.80. The number of anilines is 2. The van der Waals surface area contributed by atoms with Crippen molar-refractivity contribution in [3.05, 3.63) is 22.6 Å². The first-order valence-electron chi connectivity index (χ1n) is 10.8.